The molecule has 0 amide bonds. The minimum absolute atomic E-state index is 0.659. The number of hydrogen-bond acceptors (Lipinski definition) is 12. The minimum Gasteiger partial charge on any atom is -0.109 e. The van der Waals surface area contributed by atoms with Crippen LogP contribution in [0.25, 0.3) is 0 Å². The first-order valence-electron chi connectivity index (χ1n) is 21.2. The molecule has 0 nitrogen and oxygen atoms in total. The standard InChI is InChI=1S/C55H44S12/c1-37-27-29-43(30-28-37)55(61)67-36-49-47(34-65-53(59)41-23-13-5-14-24-41)45(32-63-51(57)39-19-9-3-10-20-39)44(31-62-50(56)38-17-7-2-8-18-38)46(33-64-52(58)40-21-11-4-12-22-40)48(49)35-66-54(60)42-25-15-6-16-26-42/h2-30H,31-36H2,1H3. The van der Waals surface area contributed by atoms with E-state index in [0.717, 1.165) is 58.6 Å². The fourth-order valence-electron chi connectivity index (χ4n) is 7.03. The smallest absolute Gasteiger partial charge is 0.0781 e. The Morgan fingerprint density at radius 3 is 0.597 bits per heavy atom. The molecule has 7 rings (SSSR count). The lowest BCUT2D eigenvalue weighted by Crippen LogP contribution is -2.14. The average molecular weight is 1090 g/mol. The molecule has 0 unspecified atom stereocenters. The van der Waals surface area contributed by atoms with Crippen molar-refractivity contribution in [3.8, 4) is 0 Å². The van der Waals surface area contributed by atoms with Gasteiger partial charge in [0.1, 0.15) is 0 Å². The third kappa shape index (κ3) is 15.1. The van der Waals surface area contributed by atoms with E-state index in [0.29, 0.717) is 34.5 Å². The second-order valence-corrected chi connectivity index (χ2v) is 24.9. The third-order valence-corrected chi connectivity index (χ3v) is 19.7. The van der Waals surface area contributed by atoms with Crippen LogP contribution in [0.3, 0.4) is 0 Å². The molecule has 0 aliphatic rings. The molecule has 0 spiro atoms. The van der Waals surface area contributed by atoms with Crippen LogP contribution in [0.5, 0.6) is 0 Å². The molecule has 0 radical (unpaired) electrons. The van der Waals surface area contributed by atoms with Crippen molar-refractivity contribution in [2.45, 2.75) is 41.4 Å². The summed E-state index contributed by atoms with van der Waals surface area (Å²) in [5.41, 5.74) is 15.0. The van der Waals surface area contributed by atoms with Gasteiger partial charge in [-0.1, -0.05) is 255 Å². The maximum Gasteiger partial charge on any atom is 0.0781 e. The second-order valence-electron chi connectivity index (χ2n) is 15.0. The van der Waals surface area contributed by atoms with Crippen molar-refractivity contribution in [3.63, 3.8) is 0 Å². The molecule has 7 aromatic rings. The van der Waals surface area contributed by atoms with E-state index in [-0.39, 0.29) is 0 Å². The Balaban J connectivity index is 1.43. The molecule has 0 bridgehead atoms. The van der Waals surface area contributed by atoms with Gasteiger partial charge in [0.05, 0.1) is 25.2 Å². The summed E-state index contributed by atoms with van der Waals surface area (Å²) in [5, 5.41) is 0. The van der Waals surface area contributed by atoms with Crippen LogP contribution in [-0.2, 0) is 34.5 Å². The molecule has 0 fully saturated rings. The predicted molar refractivity (Wildman–Crippen MR) is 328 cm³/mol. The highest BCUT2D eigenvalue weighted by Crippen LogP contribution is 2.43. The zero-order valence-electron chi connectivity index (χ0n) is 36.4. The Morgan fingerprint density at radius 1 is 0.254 bits per heavy atom. The number of benzene rings is 7. The normalized spacial score (nSPS) is 10.9. The number of hydrogen-bond donors (Lipinski definition) is 0. The summed E-state index contributed by atoms with van der Waals surface area (Å²) >= 11 is 47.5. The van der Waals surface area contributed by atoms with Crippen LogP contribution in [0.2, 0.25) is 0 Å². The van der Waals surface area contributed by atoms with Gasteiger partial charge in [-0.25, -0.2) is 0 Å². The molecule has 0 aliphatic heterocycles. The third-order valence-electron chi connectivity index (χ3n) is 10.6. The monoisotopic (exact) mass is 1090 g/mol. The highest BCUT2D eigenvalue weighted by Gasteiger charge is 2.27. The first kappa shape index (κ1) is 52.0. The van der Waals surface area contributed by atoms with Crippen molar-refractivity contribution in [2.24, 2.45) is 0 Å². The van der Waals surface area contributed by atoms with Gasteiger partial charge in [-0.3, -0.25) is 0 Å². The van der Waals surface area contributed by atoms with Gasteiger partial charge >= 0.3 is 0 Å². The molecule has 0 saturated carbocycles. The number of aryl methyl sites for hydroxylation is 1. The molecule has 0 aliphatic carbocycles. The predicted octanol–water partition coefficient (Wildman–Crippen LogP) is 17.6. The van der Waals surface area contributed by atoms with Gasteiger partial charge in [-0.05, 0) is 73.7 Å². The summed E-state index contributed by atoms with van der Waals surface area (Å²) in [6.45, 7) is 2.10. The summed E-state index contributed by atoms with van der Waals surface area (Å²) < 4.78 is 5.10. The van der Waals surface area contributed by atoms with Crippen molar-refractivity contribution in [1.82, 2.24) is 0 Å². The summed E-state index contributed by atoms with van der Waals surface area (Å²) in [6, 6.07) is 60.1. The molecule has 0 aromatic heterocycles. The maximum atomic E-state index is 6.23. The van der Waals surface area contributed by atoms with Crippen molar-refractivity contribution in [3.05, 3.63) is 248 Å². The van der Waals surface area contributed by atoms with Crippen LogP contribution in [0.4, 0.5) is 0 Å². The van der Waals surface area contributed by atoms with E-state index in [9.17, 15) is 0 Å². The average Bonchev–Trinajstić information content (AvgIpc) is 3.38. The molecule has 7 aromatic carbocycles. The molecule has 0 heterocycles. The van der Waals surface area contributed by atoms with Crippen molar-refractivity contribution in [2.75, 3.05) is 0 Å². The van der Waals surface area contributed by atoms with Gasteiger partial charge in [0.15, 0.2) is 0 Å². The van der Waals surface area contributed by atoms with Crippen LogP contribution < -0.4 is 0 Å². The summed E-state index contributed by atoms with van der Waals surface area (Å²) in [6.07, 6.45) is 0. The van der Waals surface area contributed by atoms with Crippen LogP contribution in [0.15, 0.2) is 176 Å². The van der Waals surface area contributed by atoms with E-state index < -0.39 is 0 Å². The zero-order valence-corrected chi connectivity index (χ0v) is 46.2. The summed E-state index contributed by atoms with van der Waals surface area (Å²) in [4.78, 5) is 0. The second kappa shape index (κ2) is 27.0. The number of thiocarbonyl (C=S) groups is 6. The van der Waals surface area contributed by atoms with Gasteiger partial charge in [-0.2, -0.15) is 0 Å². The highest BCUT2D eigenvalue weighted by atomic mass is 32.2. The van der Waals surface area contributed by atoms with E-state index in [1.54, 1.807) is 70.6 Å². The molecule has 0 atom stereocenters. The lowest BCUT2D eigenvalue weighted by Gasteiger charge is -2.27. The van der Waals surface area contributed by atoms with Crippen molar-refractivity contribution >= 4 is 169 Å². The van der Waals surface area contributed by atoms with E-state index >= 15 is 0 Å². The van der Waals surface area contributed by atoms with Crippen LogP contribution in [0, 0.1) is 6.92 Å². The number of thioether (sulfide) groups is 6. The molecule has 0 saturated heterocycles. The largest absolute Gasteiger partial charge is 0.109 e. The Hall–Kier alpha value is -2.82. The summed E-state index contributed by atoms with van der Waals surface area (Å²) in [7, 11) is 0. The van der Waals surface area contributed by atoms with Crippen LogP contribution >= 0.6 is 144 Å². The van der Waals surface area contributed by atoms with Crippen LogP contribution in [0.1, 0.15) is 72.3 Å². The van der Waals surface area contributed by atoms with Gasteiger partial charge in [0.2, 0.25) is 0 Å². The molecule has 336 valence electrons. The van der Waals surface area contributed by atoms with Crippen LogP contribution in [-0.4, -0.2) is 25.2 Å². The Bertz CT molecular complexity index is 2690. The lowest BCUT2D eigenvalue weighted by molar-refractivity contribution is 1.08. The Morgan fingerprint density at radius 2 is 0.418 bits per heavy atom. The fourth-order valence-corrected chi connectivity index (χ4v) is 14.5. The first-order chi connectivity index (χ1) is 32.7. The van der Waals surface area contributed by atoms with Gasteiger partial charge < -0.3 is 0 Å². The van der Waals surface area contributed by atoms with Gasteiger partial charge in [-0.15, -0.1) is 70.6 Å². The Kier molecular flexibility index (Phi) is 20.9. The topological polar surface area (TPSA) is 0 Å². The summed E-state index contributed by atoms with van der Waals surface area (Å²) in [5.74, 6) is 3.95. The van der Waals surface area contributed by atoms with E-state index in [1.165, 1.54) is 38.9 Å². The molecule has 12 heteroatoms. The minimum atomic E-state index is 0.659. The Labute approximate surface area is 453 Å². The highest BCUT2D eigenvalue weighted by molar-refractivity contribution is 8.25. The molecular formula is C55H44S12. The van der Waals surface area contributed by atoms with E-state index in [1.807, 2.05) is 91.0 Å². The first-order valence-corrected chi connectivity index (χ1v) is 29.5. The van der Waals surface area contributed by atoms with Crippen molar-refractivity contribution < 1.29 is 0 Å². The quantitative estimate of drug-likeness (QED) is 0.0752. The van der Waals surface area contributed by atoms with E-state index in [4.69, 9.17) is 73.3 Å². The van der Waals surface area contributed by atoms with Gasteiger partial charge in [0.25, 0.3) is 0 Å². The zero-order chi connectivity index (χ0) is 47.0. The fraction of sp³-hybridized carbons (Fsp3) is 0.127. The maximum absolute atomic E-state index is 6.23. The molecule has 0 N–H and O–H groups in total. The SMILES string of the molecule is Cc1ccc(C(=S)SCc2c(CSC(=S)c3ccccc3)c(CSC(=S)c3ccccc3)c(CSC(=S)c3ccccc3)c(CSC(=S)c3ccccc3)c2CSC(=S)c2ccccc2)cc1. The number of rotatable bonds is 18. The van der Waals surface area contributed by atoms with E-state index in [2.05, 4.69) is 91.9 Å². The lowest BCUT2D eigenvalue weighted by atomic mass is 9.90. The van der Waals surface area contributed by atoms with Crippen molar-refractivity contribution in [1.29, 1.82) is 0 Å². The molecular weight excluding hydrogens is 1050 g/mol. The molecule has 67 heavy (non-hydrogen) atoms. The van der Waals surface area contributed by atoms with Gasteiger partial charge in [0, 0.05) is 34.5 Å².